The van der Waals surface area contributed by atoms with Gasteiger partial charge in [-0.25, -0.2) is 9.78 Å². The Morgan fingerprint density at radius 2 is 1.87 bits per heavy atom. The fourth-order valence-electron chi connectivity index (χ4n) is 3.07. The van der Waals surface area contributed by atoms with Crippen LogP contribution in [0.1, 0.15) is 38.7 Å². The van der Waals surface area contributed by atoms with Gasteiger partial charge in [0.25, 0.3) is 5.56 Å². The van der Waals surface area contributed by atoms with Gasteiger partial charge >= 0.3 is 6.03 Å². The molecule has 31 heavy (non-hydrogen) atoms. The molecule has 0 bridgehead atoms. The molecule has 1 aromatic heterocycles. The molecule has 2 aromatic carbocycles. The molecule has 0 aliphatic heterocycles. The molecule has 3 N–H and O–H groups in total. The molecule has 0 aliphatic rings. The summed E-state index contributed by atoms with van der Waals surface area (Å²) in [5, 5.41) is 2.47. The average Bonchev–Trinajstić information content (AvgIpc) is 2.73. The van der Waals surface area contributed by atoms with E-state index in [2.05, 4.69) is 24.1 Å². The molecule has 0 saturated carbocycles. The van der Waals surface area contributed by atoms with Crippen LogP contribution in [0.15, 0.2) is 52.4 Å². The van der Waals surface area contributed by atoms with Crippen LogP contribution < -0.4 is 16.6 Å². The molecule has 2 atom stereocenters. The Labute approximate surface area is 189 Å². The van der Waals surface area contributed by atoms with Gasteiger partial charge in [0.1, 0.15) is 0 Å². The molecule has 0 unspecified atom stereocenters. The lowest BCUT2D eigenvalue weighted by Gasteiger charge is -2.17. The summed E-state index contributed by atoms with van der Waals surface area (Å²) >= 11 is 7.16. The predicted octanol–water partition coefficient (Wildman–Crippen LogP) is 4.23. The number of nitrogens with two attached hydrogens (primary N) is 1. The van der Waals surface area contributed by atoms with Crippen molar-refractivity contribution >= 4 is 46.2 Å². The highest BCUT2D eigenvalue weighted by Gasteiger charge is 2.21. The third-order valence-electron chi connectivity index (χ3n) is 5.03. The van der Waals surface area contributed by atoms with Gasteiger partial charge in [-0.15, -0.1) is 0 Å². The number of primary amides is 1. The molecule has 0 aliphatic carbocycles. The lowest BCUT2D eigenvalue weighted by Crippen LogP contribution is -2.39. The SMILES string of the molecule is CC[C@H](C)c1ccc(-n2c(S[C@H](C)C(=O)NC(N)=O)nc3ccc(Cl)cc3c2=O)cc1. The number of halogens is 1. The van der Waals surface area contributed by atoms with Gasteiger partial charge in [-0.1, -0.05) is 49.3 Å². The second-order valence-electron chi connectivity index (χ2n) is 7.21. The zero-order valence-electron chi connectivity index (χ0n) is 17.4. The lowest BCUT2D eigenvalue weighted by molar-refractivity contribution is -0.119. The van der Waals surface area contributed by atoms with Crippen LogP contribution in [-0.4, -0.2) is 26.7 Å². The van der Waals surface area contributed by atoms with E-state index in [4.69, 9.17) is 17.3 Å². The van der Waals surface area contributed by atoms with Crippen molar-refractivity contribution in [3.05, 3.63) is 63.4 Å². The Hall–Kier alpha value is -2.84. The molecule has 3 aromatic rings. The first kappa shape index (κ1) is 22.8. The van der Waals surface area contributed by atoms with E-state index in [1.165, 1.54) is 10.1 Å². The van der Waals surface area contributed by atoms with Crippen molar-refractivity contribution < 1.29 is 9.59 Å². The highest BCUT2D eigenvalue weighted by atomic mass is 35.5. The number of nitrogens with one attached hydrogen (secondary N) is 1. The van der Waals surface area contributed by atoms with Gasteiger partial charge in [-0.2, -0.15) is 0 Å². The fourth-order valence-corrected chi connectivity index (χ4v) is 4.17. The van der Waals surface area contributed by atoms with Gasteiger partial charge in [0.15, 0.2) is 5.16 Å². The molecule has 9 heteroatoms. The minimum Gasteiger partial charge on any atom is -0.351 e. The van der Waals surface area contributed by atoms with E-state index in [-0.39, 0.29) is 5.56 Å². The Morgan fingerprint density at radius 3 is 2.48 bits per heavy atom. The van der Waals surface area contributed by atoms with Crippen LogP contribution in [0.2, 0.25) is 5.02 Å². The van der Waals surface area contributed by atoms with E-state index < -0.39 is 17.2 Å². The lowest BCUT2D eigenvalue weighted by atomic mass is 9.98. The maximum atomic E-state index is 13.4. The number of nitrogens with zero attached hydrogens (tertiary/aromatic N) is 2. The molecule has 0 saturated heterocycles. The number of imide groups is 1. The highest BCUT2D eigenvalue weighted by molar-refractivity contribution is 8.00. The number of urea groups is 1. The topological polar surface area (TPSA) is 107 Å². The quantitative estimate of drug-likeness (QED) is 0.424. The molecule has 162 valence electrons. The summed E-state index contributed by atoms with van der Waals surface area (Å²) in [5.41, 5.74) is 7.00. The number of carbonyl (C=O) groups excluding carboxylic acids is 2. The molecular weight excluding hydrogens is 436 g/mol. The first-order chi connectivity index (χ1) is 14.7. The molecule has 7 nitrogen and oxygen atoms in total. The van der Waals surface area contributed by atoms with E-state index in [0.717, 1.165) is 18.2 Å². The summed E-state index contributed by atoms with van der Waals surface area (Å²) in [6.45, 7) is 5.87. The number of amides is 3. The molecule has 0 fully saturated rings. The van der Waals surface area contributed by atoms with E-state index in [1.54, 1.807) is 25.1 Å². The smallest absolute Gasteiger partial charge is 0.318 e. The van der Waals surface area contributed by atoms with E-state index >= 15 is 0 Å². The summed E-state index contributed by atoms with van der Waals surface area (Å²) in [5.74, 6) is -0.174. The van der Waals surface area contributed by atoms with Crippen LogP contribution in [0.5, 0.6) is 0 Å². The minimum atomic E-state index is -0.934. The molecular formula is C22H23ClN4O3S. The molecule has 0 spiro atoms. The minimum absolute atomic E-state index is 0.297. The first-order valence-corrected chi connectivity index (χ1v) is 11.1. The number of hydrogen-bond acceptors (Lipinski definition) is 5. The van der Waals surface area contributed by atoms with Gasteiger partial charge in [-0.3, -0.25) is 19.5 Å². The van der Waals surface area contributed by atoms with Gasteiger partial charge in [0.2, 0.25) is 5.91 Å². The molecule has 1 heterocycles. The van der Waals surface area contributed by atoms with Crippen LogP contribution in [0.3, 0.4) is 0 Å². The number of carbonyl (C=O) groups is 2. The number of benzene rings is 2. The van der Waals surface area contributed by atoms with Gasteiger partial charge in [-0.05, 0) is 55.2 Å². The van der Waals surface area contributed by atoms with Crippen molar-refractivity contribution in [1.29, 1.82) is 0 Å². The number of thioether (sulfide) groups is 1. The van der Waals surface area contributed by atoms with Gasteiger partial charge < -0.3 is 5.73 Å². The normalized spacial score (nSPS) is 13.0. The van der Waals surface area contributed by atoms with Crippen LogP contribution in [0, 0.1) is 0 Å². The summed E-state index contributed by atoms with van der Waals surface area (Å²) in [6, 6.07) is 11.6. The summed E-state index contributed by atoms with van der Waals surface area (Å²) in [7, 11) is 0. The Balaban J connectivity index is 2.14. The number of fused-ring (bicyclic) bond motifs is 1. The van der Waals surface area contributed by atoms with Crippen molar-refractivity contribution in [3.63, 3.8) is 0 Å². The Bertz CT molecular complexity index is 1190. The zero-order chi connectivity index (χ0) is 22.7. The van der Waals surface area contributed by atoms with Crippen molar-refractivity contribution in [2.75, 3.05) is 0 Å². The van der Waals surface area contributed by atoms with Crippen molar-refractivity contribution in [2.24, 2.45) is 5.73 Å². The molecule has 3 rings (SSSR count). The number of aromatic nitrogens is 2. The van der Waals surface area contributed by atoms with Crippen LogP contribution in [-0.2, 0) is 4.79 Å². The number of rotatable bonds is 6. The highest BCUT2D eigenvalue weighted by Crippen LogP contribution is 2.27. The standard InChI is InChI=1S/C22H23ClN4O3S/c1-4-12(2)14-5-8-16(9-6-14)27-20(29)17-11-15(23)7-10-18(17)25-22(27)31-13(3)19(28)26-21(24)30/h5-13H,4H2,1-3H3,(H3,24,26,28,30)/t12-,13+/m0/s1. The second kappa shape index (κ2) is 9.53. The third-order valence-corrected chi connectivity index (χ3v) is 6.32. The predicted molar refractivity (Wildman–Crippen MR) is 124 cm³/mol. The van der Waals surface area contributed by atoms with Gasteiger partial charge in [0.05, 0.1) is 21.8 Å². The Kier molecular flexibility index (Phi) is 7.02. The first-order valence-electron chi connectivity index (χ1n) is 9.80. The maximum absolute atomic E-state index is 13.4. The maximum Gasteiger partial charge on any atom is 0.318 e. The average molecular weight is 459 g/mol. The fraction of sp³-hybridized carbons (Fsp3) is 0.273. The molecule has 3 amide bonds. The zero-order valence-corrected chi connectivity index (χ0v) is 19.0. The van der Waals surface area contributed by atoms with E-state index in [0.29, 0.717) is 32.7 Å². The largest absolute Gasteiger partial charge is 0.351 e. The van der Waals surface area contributed by atoms with E-state index in [9.17, 15) is 14.4 Å². The van der Waals surface area contributed by atoms with Crippen LogP contribution in [0.25, 0.3) is 16.6 Å². The summed E-state index contributed by atoms with van der Waals surface area (Å²) in [4.78, 5) is 41.2. The third kappa shape index (κ3) is 5.08. The summed E-state index contributed by atoms with van der Waals surface area (Å²) < 4.78 is 1.46. The van der Waals surface area contributed by atoms with Crippen molar-refractivity contribution in [3.8, 4) is 5.69 Å². The Morgan fingerprint density at radius 1 is 1.19 bits per heavy atom. The van der Waals surface area contributed by atoms with E-state index in [1.807, 2.05) is 24.3 Å². The van der Waals surface area contributed by atoms with Crippen molar-refractivity contribution in [2.45, 2.75) is 43.5 Å². The van der Waals surface area contributed by atoms with Crippen LogP contribution >= 0.6 is 23.4 Å². The molecule has 0 radical (unpaired) electrons. The van der Waals surface area contributed by atoms with Crippen LogP contribution in [0.4, 0.5) is 4.79 Å². The monoisotopic (exact) mass is 458 g/mol. The van der Waals surface area contributed by atoms with Crippen molar-refractivity contribution in [1.82, 2.24) is 14.9 Å². The summed E-state index contributed by atoms with van der Waals surface area (Å²) in [6.07, 6.45) is 1.00. The number of hydrogen-bond donors (Lipinski definition) is 2. The van der Waals surface area contributed by atoms with Gasteiger partial charge in [0, 0.05) is 5.02 Å². The second-order valence-corrected chi connectivity index (χ2v) is 8.96.